The Morgan fingerprint density at radius 3 is 2.18 bits per heavy atom. The molecule has 0 heterocycles. The number of aryl methyl sites for hydroxylation is 1. The van der Waals surface area contributed by atoms with E-state index in [1.807, 2.05) is 67.6 Å². The minimum atomic E-state index is -0.336. The van der Waals surface area contributed by atoms with E-state index < -0.39 is 0 Å². The zero-order chi connectivity index (χ0) is 19.8. The zero-order valence-electron chi connectivity index (χ0n) is 15.9. The standard InChI is InChI=1S/C24H23NO3/c1-18-7-5-6-10-22(18)24(27)25-16-15-23(26)28-17-19-11-13-21(14-12-19)20-8-3-2-4-9-20/h2-14H,15-17H2,1H3,(H,25,27). The van der Waals surface area contributed by atoms with Crippen LogP contribution in [-0.4, -0.2) is 18.4 Å². The van der Waals surface area contributed by atoms with Crippen molar-refractivity contribution in [1.29, 1.82) is 0 Å². The Balaban J connectivity index is 1.42. The first-order valence-corrected chi connectivity index (χ1v) is 9.27. The summed E-state index contributed by atoms with van der Waals surface area (Å²) in [5.41, 5.74) is 4.72. The van der Waals surface area contributed by atoms with Crippen LogP contribution < -0.4 is 5.32 Å². The molecule has 0 radical (unpaired) electrons. The van der Waals surface area contributed by atoms with Gasteiger partial charge in [-0.2, -0.15) is 0 Å². The molecule has 0 aliphatic carbocycles. The number of esters is 1. The van der Waals surface area contributed by atoms with E-state index in [4.69, 9.17) is 4.74 Å². The molecule has 0 bridgehead atoms. The smallest absolute Gasteiger partial charge is 0.307 e. The van der Waals surface area contributed by atoms with Crippen LogP contribution >= 0.6 is 0 Å². The molecule has 142 valence electrons. The molecule has 0 aliphatic rings. The number of carbonyl (C=O) groups is 2. The van der Waals surface area contributed by atoms with Crippen molar-refractivity contribution in [3.63, 3.8) is 0 Å². The highest BCUT2D eigenvalue weighted by Crippen LogP contribution is 2.19. The maximum Gasteiger partial charge on any atom is 0.307 e. The first-order chi connectivity index (χ1) is 13.6. The summed E-state index contributed by atoms with van der Waals surface area (Å²) in [6.07, 6.45) is 0.139. The Morgan fingerprint density at radius 1 is 0.821 bits per heavy atom. The average Bonchev–Trinajstić information content (AvgIpc) is 2.73. The Kier molecular flexibility index (Phi) is 6.58. The average molecular weight is 373 g/mol. The molecule has 0 aromatic heterocycles. The van der Waals surface area contributed by atoms with Crippen LogP contribution in [0.5, 0.6) is 0 Å². The second-order valence-electron chi connectivity index (χ2n) is 6.54. The lowest BCUT2D eigenvalue weighted by molar-refractivity contribution is -0.144. The molecule has 1 amide bonds. The van der Waals surface area contributed by atoms with Crippen LogP contribution in [-0.2, 0) is 16.1 Å². The first-order valence-electron chi connectivity index (χ1n) is 9.27. The molecule has 0 unspecified atom stereocenters. The number of rotatable bonds is 7. The molecule has 28 heavy (non-hydrogen) atoms. The van der Waals surface area contributed by atoms with Crippen molar-refractivity contribution < 1.29 is 14.3 Å². The van der Waals surface area contributed by atoms with E-state index in [0.29, 0.717) is 5.56 Å². The third-order valence-electron chi connectivity index (χ3n) is 4.47. The molecule has 3 aromatic rings. The van der Waals surface area contributed by atoms with E-state index in [2.05, 4.69) is 17.4 Å². The fourth-order valence-electron chi connectivity index (χ4n) is 2.86. The third kappa shape index (κ3) is 5.30. The molecule has 0 saturated heterocycles. The van der Waals surface area contributed by atoms with E-state index in [1.54, 1.807) is 6.07 Å². The van der Waals surface area contributed by atoms with Gasteiger partial charge in [0.1, 0.15) is 6.61 Å². The van der Waals surface area contributed by atoms with Gasteiger partial charge in [0.05, 0.1) is 6.42 Å². The number of amides is 1. The van der Waals surface area contributed by atoms with Gasteiger partial charge in [-0.3, -0.25) is 9.59 Å². The van der Waals surface area contributed by atoms with E-state index in [0.717, 1.165) is 22.3 Å². The van der Waals surface area contributed by atoms with Crippen molar-refractivity contribution in [2.24, 2.45) is 0 Å². The SMILES string of the molecule is Cc1ccccc1C(=O)NCCC(=O)OCc1ccc(-c2ccccc2)cc1. The van der Waals surface area contributed by atoms with E-state index in [9.17, 15) is 9.59 Å². The van der Waals surface area contributed by atoms with Crippen LogP contribution in [0.2, 0.25) is 0 Å². The Hall–Kier alpha value is -3.40. The van der Waals surface area contributed by atoms with Crippen molar-refractivity contribution in [2.45, 2.75) is 20.0 Å². The second-order valence-corrected chi connectivity index (χ2v) is 6.54. The molecule has 4 heteroatoms. The number of benzene rings is 3. The van der Waals surface area contributed by atoms with Gasteiger partial charge in [0.25, 0.3) is 5.91 Å². The quantitative estimate of drug-likeness (QED) is 0.619. The van der Waals surface area contributed by atoms with Crippen LogP contribution in [0.25, 0.3) is 11.1 Å². The highest BCUT2D eigenvalue weighted by atomic mass is 16.5. The van der Waals surface area contributed by atoms with Gasteiger partial charge < -0.3 is 10.1 Å². The lowest BCUT2D eigenvalue weighted by Gasteiger charge is -2.08. The number of ether oxygens (including phenoxy) is 1. The van der Waals surface area contributed by atoms with Crippen LogP contribution in [0.15, 0.2) is 78.9 Å². The molecule has 1 N–H and O–H groups in total. The van der Waals surface area contributed by atoms with Crippen LogP contribution in [0.3, 0.4) is 0 Å². The summed E-state index contributed by atoms with van der Waals surface area (Å²) in [5, 5.41) is 2.75. The highest BCUT2D eigenvalue weighted by Gasteiger charge is 2.09. The fraction of sp³-hybridized carbons (Fsp3) is 0.167. The number of hydrogen-bond donors (Lipinski definition) is 1. The summed E-state index contributed by atoms with van der Waals surface area (Å²) < 4.78 is 5.29. The van der Waals surface area contributed by atoms with Crippen molar-refractivity contribution in [3.8, 4) is 11.1 Å². The van der Waals surface area contributed by atoms with Gasteiger partial charge in [-0.1, -0.05) is 72.8 Å². The molecular weight excluding hydrogens is 350 g/mol. The molecular formula is C24H23NO3. The van der Waals surface area contributed by atoms with Gasteiger partial charge in [0, 0.05) is 12.1 Å². The Morgan fingerprint density at radius 2 is 1.46 bits per heavy atom. The molecule has 0 saturated carbocycles. The van der Waals surface area contributed by atoms with Gasteiger partial charge in [-0.15, -0.1) is 0 Å². The predicted octanol–water partition coefficient (Wildman–Crippen LogP) is 4.53. The summed E-state index contributed by atoms with van der Waals surface area (Å²) in [6.45, 7) is 2.35. The molecule has 3 aromatic carbocycles. The second kappa shape index (κ2) is 9.51. The Labute approximate surface area is 165 Å². The molecule has 0 fully saturated rings. The highest BCUT2D eigenvalue weighted by molar-refractivity contribution is 5.95. The fourth-order valence-corrected chi connectivity index (χ4v) is 2.86. The van der Waals surface area contributed by atoms with Crippen molar-refractivity contribution in [1.82, 2.24) is 5.32 Å². The van der Waals surface area contributed by atoms with Crippen molar-refractivity contribution in [3.05, 3.63) is 95.6 Å². The van der Waals surface area contributed by atoms with E-state index in [1.165, 1.54) is 0 Å². The number of hydrogen-bond acceptors (Lipinski definition) is 3. The van der Waals surface area contributed by atoms with Gasteiger partial charge in [-0.05, 0) is 35.2 Å². The molecule has 0 aliphatic heterocycles. The van der Waals surface area contributed by atoms with Crippen LogP contribution in [0.1, 0.15) is 27.9 Å². The van der Waals surface area contributed by atoms with Crippen molar-refractivity contribution in [2.75, 3.05) is 6.54 Å². The summed E-state index contributed by atoms with van der Waals surface area (Å²) in [6, 6.07) is 25.4. The van der Waals surface area contributed by atoms with Gasteiger partial charge in [0.15, 0.2) is 0 Å². The minimum Gasteiger partial charge on any atom is -0.461 e. The van der Waals surface area contributed by atoms with Gasteiger partial charge in [-0.25, -0.2) is 0 Å². The number of nitrogens with one attached hydrogen (secondary N) is 1. The molecule has 3 rings (SSSR count). The molecule has 0 spiro atoms. The third-order valence-corrected chi connectivity index (χ3v) is 4.47. The summed E-state index contributed by atoms with van der Waals surface area (Å²) in [7, 11) is 0. The topological polar surface area (TPSA) is 55.4 Å². The van der Waals surface area contributed by atoms with Crippen molar-refractivity contribution >= 4 is 11.9 Å². The maximum atomic E-state index is 12.1. The number of carbonyl (C=O) groups excluding carboxylic acids is 2. The summed E-state index contributed by atoms with van der Waals surface area (Å²) >= 11 is 0. The van der Waals surface area contributed by atoms with Gasteiger partial charge in [0.2, 0.25) is 0 Å². The summed E-state index contributed by atoms with van der Waals surface area (Å²) in [4.78, 5) is 24.0. The minimum absolute atomic E-state index is 0.139. The first kappa shape index (κ1) is 19.4. The van der Waals surface area contributed by atoms with Gasteiger partial charge >= 0.3 is 5.97 Å². The summed E-state index contributed by atoms with van der Waals surface area (Å²) in [5.74, 6) is -0.514. The largest absolute Gasteiger partial charge is 0.461 e. The maximum absolute atomic E-state index is 12.1. The molecule has 0 atom stereocenters. The lowest BCUT2D eigenvalue weighted by Crippen LogP contribution is -2.27. The van der Waals surface area contributed by atoms with E-state index >= 15 is 0 Å². The Bertz CT molecular complexity index is 934. The zero-order valence-corrected chi connectivity index (χ0v) is 15.9. The normalized spacial score (nSPS) is 10.3. The van der Waals surface area contributed by atoms with Crippen LogP contribution in [0, 0.1) is 6.92 Å². The monoisotopic (exact) mass is 373 g/mol. The predicted molar refractivity (Wildman–Crippen MR) is 110 cm³/mol. The van der Waals surface area contributed by atoms with E-state index in [-0.39, 0.29) is 31.4 Å². The lowest BCUT2D eigenvalue weighted by atomic mass is 10.0. The van der Waals surface area contributed by atoms with Crippen LogP contribution in [0.4, 0.5) is 0 Å². The molecule has 4 nitrogen and oxygen atoms in total.